The number of carbonyl (C=O) groups excluding carboxylic acids is 2. The predicted octanol–water partition coefficient (Wildman–Crippen LogP) is 5.62. The minimum Gasteiger partial charge on any atom is -0.497 e. The lowest BCUT2D eigenvalue weighted by molar-refractivity contribution is -0.384. The first-order valence-corrected chi connectivity index (χ1v) is 13.6. The van der Waals surface area contributed by atoms with Gasteiger partial charge in [0.2, 0.25) is 0 Å². The first kappa shape index (κ1) is 26.9. The quantitative estimate of drug-likeness (QED) is 0.285. The molecular weight excluding hydrogens is 530 g/mol. The van der Waals surface area contributed by atoms with Gasteiger partial charge in [-0.1, -0.05) is 23.9 Å². The van der Waals surface area contributed by atoms with E-state index in [1.54, 1.807) is 49.2 Å². The van der Waals surface area contributed by atoms with Crippen LogP contribution in [0.1, 0.15) is 35.3 Å². The molecule has 2 aliphatic rings. The number of nitrogens with zero attached hydrogens (tertiary/aromatic N) is 3. The lowest BCUT2D eigenvalue weighted by atomic mass is 9.93. The Kier molecular flexibility index (Phi) is 7.83. The Hall–Kier alpha value is -4.64. The van der Waals surface area contributed by atoms with Crippen LogP contribution in [0.25, 0.3) is 0 Å². The largest absolute Gasteiger partial charge is 0.497 e. The van der Waals surface area contributed by atoms with E-state index in [0.29, 0.717) is 34.0 Å². The van der Waals surface area contributed by atoms with Crippen molar-refractivity contribution < 1.29 is 19.2 Å². The van der Waals surface area contributed by atoms with Crippen LogP contribution < -0.4 is 15.4 Å². The number of thioether (sulfide) groups is 1. The van der Waals surface area contributed by atoms with E-state index in [1.165, 1.54) is 24.3 Å². The molecule has 0 radical (unpaired) electrons. The van der Waals surface area contributed by atoms with Gasteiger partial charge in [-0.05, 0) is 67.4 Å². The molecule has 10 nitrogen and oxygen atoms in total. The molecule has 1 saturated heterocycles. The van der Waals surface area contributed by atoms with Crippen LogP contribution in [-0.2, 0) is 4.79 Å². The van der Waals surface area contributed by atoms with E-state index in [1.807, 2.05) is 25.1 Å². The van der Waals surface area contributed by atoms with Crippen molar-refractivity contribution in [2.24, 2.45) is 4.99 Å². The van der Waals surface area contributed by atoms with Crippen molar-refractivity contribution in [2.75, 3.05) is 30.0 Å². The number of non-ortho nitro benzene ring substituents is 1. The first-order valence-electron chi connectivity index (χ1n) is 12.6. The molecule has 0 spiro atoms. The van der Waals surface area contributed by atoms with Crippen molar-refractivity contribution in [2.45, 2.75) is 19.4 Å². The van der Waals surface area contributed by atoms with Crippen LogP contribution in [0.3, 0.4) is 0 Å². The maximum absolute atomic E-state index is 13.7. The van der Waals surface area contributed by atoms with Crippen LogP contribution in [0, 0.1) is 10.1 Å². The summed E-state index contributed by atoms with van der Waals surface area (Å²) >= 11 is 1.66. The van der Waals surface area contributed by atoms with Gasteiger partial charge < -0.3 is 20.3 Å². The molecule has 0 aliphatic carbocycles. The van der Waals surface area contributed by atoms with Crippen molar-refractivity contribution in [3.63, 3.8) is 0 Å². The fraction of sp³-hybridized carbons (Fsp3) is 0.207. The molecule has 1 atom stereocenters. The minimum atomic E-state index is -0.510. The maximum atomic E-state index is 13.7. The number of hydrogen-bond donors (Lipinski definition) is 2. The van der Waals surface area contributed by atoms with Gasteiger partial charge in [-0.25, -0.2) is 4.99 Å². The molecule has 11 heteroatoms. The summed E-state index contributed by atoms with van der Waals surface area (Å²) in [4.78, 5) is 43.9. The SMILES string of the molecule is COc1ccc(NC(=O)C2=C(C)N=C3SCCCN3C2c2cccc(NC(=O)c3ccc([N+](=O)[O-])cc3)c2)cc1. The fourth-order valence-corrected chi connectivity index (χ4v) is 5.72. The second-order valence-corrected chi connectivity index (χ2v) is 10.3. The molecule has 2 aliphatic heterocycles. The normalized spacial score (nSPS) is 16.5. The number of carbonyl (C=O) groups is 2. The summed E-state index contributed by atoms with van der Waals surface area (Å²) in [6.45, 7) is 2.58. The zero-order valence-corrected chi connectivity index (χ0v) is 22.7. The Morgan fingerprint density at radius 3 is 2.45 bits per heavy atom. The van der Waals surface area contributed by atoms with Crippen molar-refractivity contribution >= 4 is 45.8 Å². The number of amides is 2. The van der Waals surface area contributed by atoms with E-state index in [2.05, 4.69) is 15.5 Å². The molecule has 3 aromatic rings. The third kappa shape index (κ3) is 5.69. The number of allylic oxidation sites excluding steroid dienone is 1. The number of fused-ring (bicyclic) bond motifs is 1. The molecule has 1 unspecified atom stereocenters. The summed E-state index contributed by atoms with van der Waals surface area (Å²) in [5, 5.41) is 17.7. The summed E-state index contributed by atoms with van der Waals surface area (Å²) in [6, 6.07) is 19.5. The molecule has 0 saturated carbocycles. The highest BCUT2D eigenvalue weighted by molar-refractivity contribution is 8.13. The molecule has 2 amide bonds. The third-order valence-corrected chi connectivity index (χ3v) is 7.73. The number of anilines is 2. The van der Waals surface area contributed by atoms with Gasteiger partial charge in [0.25, 0.3) is 17.5 Å². The zero-order chi connectivity index (χ0) is 28.2. The van der Waals surface area contributed by atoms with E-state index in [0.717, 1.165) is 29.4 Å². The number of hydrogen-bond acceptors (Lipinski definition) is 8. The van der Waals surface area contributed by atoms with Gasteiger partial charge in [0.15, 0.2) is 5.17 Å². The number of ether oxygens (including phenoxy) is 1. The lowest BCUT2D eigenvalue weighted by Gasteiger charge is -2.41. The number of nitrogens with one attached hydrogen (secondary N) is 2. The van der Waals surface area contributed by atoms with Crippen molar-refractivity contribution in [3.05, 3.63) is 105 Å². The van der Waals surface area contributed by atoms with E-state index < -0.39 is 16.9 Å². The molecule has 204 valence electrons. The van der Waals surface area contributed by atoms with Gasteiger partial charge >= 0.3 is 0 Å². The summed E-state index contributed by atoms with van der Waals surface area (Å²) in [5.41, 5.74) is 3.38. The molecule has 2 N–H and O–H groups in total. The Morgan fingerprint density at radius 2 is 1.75 bits per heavy atom. The number of nitro groups is 1. The van der Waals surface area contributed by atoms with E-state index in [9.17, 15) is 19.7 Å². The average Bonchev–Trinajstić information content (AvgIpc) is 2.97. The molecule has 5 rings (SSSR count). The Morgan fingerprint density at radius 1 is 1.02 bits per heavy atom. The molecule has 2 heterocycles. The number of methoxy groups -OCH3 is 1. The van der Waals surface area contributed by atoms with Crippen LogP contribution in [0.15, 0.2) is 89.1 Å². The van der Waals surface area contributed by atoms with Crippen LogP contribution in [0.4, 0.5) is 17.1 Å². The Labute approximate surface area is 235 Å². The Bertz CT molecular complexity index is 1520. The average molecular weight is 558 g/mol. The van der Waals surface area contributed by atoms with Crippen molar-refractivity contribution in [3.8, 4) is 5.75 Å². The highest BCUT2D eigenvalue weighted by Gasteiger charge is 2.37. The van der Waals surface area contributed by atoms with Crippen LogP contribution in [0.2, 0.25) is 0 Å². The molecular formula is C29H27N5O5S. The monoisotopic (exact) mass is 557 g/mol. The van der Waals surface area contributed by atoms with Crippen LogP contribution in [-0.4, -0.2) is 46.2 Å². The summed E-state index contributed by atoms with van der Waals surface area (Å²) in [7, 11) is 1.59. The summed E-state index contributed by atoms with van der Waals surface area (Å²) < 4.78 is 5.22. The van der Waals surface area contributed by atoms with E-state index in [4.69, 9.17) is 9.73 Å². The van der Waals surface area contributed by atoms with Gasteiger partial charge in [-0.3, -0.25) is 19.7 Å². The van der Waals surface area contributed by atoms with Gasteiger partial charge in [-0.15, -0.1) is 0 Å². The second-order valence-electron chi connectivity index (χ2n) is 9.26. The van der Waals surface area contributed by atoms with Crippen molar-refractivity contribution in [1.82, 2.24) is 4.90 Å². The molecule has 40 heavy (non-hydrogen) atoms. The highest BCUT2D eigenvalue weighted by Crippen LogP contribution is 2.40. The standard InChI is InChI=1S/C29H27N5O5S/c1-18-25(28(36)31-21-9-13-24(39-2)14-10-21)26(33-15-4-16-40-29(33)30-18)20-5-3-6-22(17-20)32-27(35)19-7-11-23(12-8-19)34(37)38/h3,5-14,17,26H,4,15-16H2,1-2H3,(H,31,36)(H,32,35). The smallest absolute Gasteiger partial charge is 0.269 e. The predicted molar refractivity (Wildman–Crippen MR) is 156 cm³/mol. The molecule has 3 aromatic carbocycles. The van der Waals surface area contributed by atoms with Crippen molar-refractivity contribution in [1.29, 1.82) is 0 Å². The molecule has 1 fully saturated rings. The van der Waals surface area contributed by atoms with E-state index >= 15 is 0 Å². The number of aliphatic imine (C=N–C) groups is 1. The van der Waals surface area contributed by atoms with Gasteiger partial charge in [0, 0.05) is 41.4 Å². The van der Waals surface area contributed by atoms with E-state index in [-0.39, 0.29) is 11.6 Å². The summed E-state index contributed by atoms with van der Waals surface area (Å²) in [5.74, 6) is 0.992. The van der Waals surface area contributed by atoms with Crippen LogP contribution >= 0.6 is 11.8 Å². The Balaban J connectivity index is 1.44. The maximum Gasteiger partial charge on any atom is 0.269 e. The number of benzene rings is 3. The fourth-order valence-electron chi connectivity index (χ4n) is 4.70. The van der Waals surface area contributed by atoms with Gasteiger partial charge in [0.1, 0.15) is 5.75 Å². The second kappa shape index (κ2) is 11.6. The number of rotatable bonds is 7. The minimum absolute atomic E-state index is 0.0877. The zero-order valence-electron chi connectivity index (χ0n) is 21.9. The third-order valence-electron chi connectivity index (χ3n) is 6.65. The number of amidine groups is 1. The molecule has 0 bridgehead atoms. The molecule has 0 aromatic heterocycles. The summed E-state index contributed by atoms with van der Waals surface area (Å²) in [6.07, 6.45) is 0.948. The highest BCUT2D eigenvalue weighted by atomic mass is 32.2. The number of nitro benzene ring substituents is 1. The first-order chi connectivity index (χ1) is 19.3. The van der Waals surface area contributed by atoms with Gasteiger partial charge in [-0.2, -0.15) is 0 Å². The topological polar surface area (TPSA) is 126 Å². The van der Waals surface area contributed by atoms with Gasteiger partial charge in [0.05, 0.1) is 29.3 Å². The van der Waals surface area contributed by atoms with Crippen LogP contribution in [0.5, 0.6) is 5.75 Å². The lowest BCUT2D eigenvalue weighted by Crippen LogP contribution is -2.43.